The second kappa shape index (κ2) is 5.63. The third kappa shape index (κ3) is 2.65. The first kappa shape index (κ1) is 11.9. The van der Waals surface area contributed by atoms with Crippen LogP contribution in [-0.2, 0) is 18.9 Å². The molecule has 1 rings (SSSR count). The molecule has 0 spiro atoms. The summed E-state index contributed by atoms with van der Waals surface area (Å²) >= 11 is 0. The highest BCUT2D eigenvalue weighted by Crippen LogP contribution is 2.23. The summed E-state index contributed by atoms with van der Waals surface area (Å²) in [7, 11) is 4.78. The van der Waals surface area contributed by atoms with E-state index in [2.05, 4.69) is 0 Å². The Hall–Kier alpha value is -0.200. The molecule has 1 fully saturated rings. The fourth-order valence-electron chi connectivity index (χ4n) is 1.74. The van der Waals surface area contributed by atoms with E-state index < -0.39 is 6.29 Å². The number of aliphatic hydroxyl groups is 1. The molecule has 14 heavy (non-hydrogen) atoms. The number of hydrogen-bond donors (Lipinski definition) is 1. The first-order valence-electron chi connectivity index (χ1n) is 4.61. The maximum absolute atomic E-state index is 9.41. The Bertz CT molecular complexity index is 163. The summed E-state index contributed by atoms with van der Waals surface area (Å²) in [5, 5.41) is 9.41. The Morgan fingerprint density at radius 3 is 2.50 bits per heavy atom. The van der Waals surface area contributed by atoms with Gasteiger partial charge in [-0.25, -0.2) is 0 Å². The van der Waals surface area contributed by atoms with Crippen molar-refractivity contribution in [1.29, 1.82) is 0 Å². The Balaban J connectivity index is 2.60. The van der Waals surface area contributed by atoms with Crippen molar-refractivity contribution in [3.8, 4) is 0 Å². The normalized spacial score (nSPS) is 38.6. The molecule has 0 aromatic rings. The first-order valence-corrected chi connectivity index (χ1v) is 4.61. The topological polar surface area (TPSA) is 57.2 Å². The molecule has 0 radical (unpaired) electrons. The van der Waals surface area contributed by atoms with E-state index in [-0.39, 0.29) is 18.3 Å². The van der Waals surface area contributed by atoms with E-state index in [4.69, 9.17) is 18.9 Å². The van der Waals surface area contributed by atoms with Gasteiger partial charge in [-0.05, 0) is 0 Å². The quantitative estimate of drug-likeness (QED) is 0.688. The molecule has 0 aromatic heterocycles. The summed E-state index contributed by atoms with van der Waals surface area (Å²) in [6.45, 7) is 0.384. The summed E-state index contributed by atoms with van der Waals surface area (Å²) in [6.07, 6.45) is -0.993. The highest BCUT2D eigenvalue weighted by atomic mass is 16.6. The molecular formula is C9H18O5. The zero-order chi connectivity index (χ0) is 10.6. The summed E-state index contributed by atoms with van der Waals surface area (Å²) in [4.78, 5) is 0. The smallest absolute Gasteiger partial charge is 0.157 e. The Labute approximate surface area is 83.9 Å². The highest BCUT2D eigenvalue weighted by molar-refractivity contribution is 4.84. The van der Waals surface area contributed by atoms with Gasteiger partial charge in [0.15, 0.2) is 6.29 Å². The largest absolute Gasteiger partial charge is 0.382 e. The summed E-state index contributed by atoms with van der Waals surface area (Å²) in [6, 6.07) is 0. The number of aliphatic hydroxyl groups excluding tert-OH is 1. The molecule has 0 bridgehead atoms. The van der Waals surface area contributed by atoms with Crippen LogP contribution in [0, 0.1) is 0 Å². The average Bonchev–Trinajstić information content (AvgIpc) is 2.17. The molecule has 1 heterocycles. The lowest BCUT2D eigenvalue weighted by molar-refractivity contribution is -0.250. The number of rotatable bonds is 4. The monoisotopic (exact) mass is 206 g/mol. The van der Waals surface area contributed by atoms with Crippen LogP contribution >= 0.6 is 0 Å². The molecule has 5 heteroatoms. The predicted octanol–water partition coefficient (Wildman–Crippen LogP) is -0.230. The van der Waals surface area contributed by atoms with Crippen molar-refractivity contribution in [2.24, 2.45) is 0 Å². The molecule has 1 saturated heterocycles. The van der Waals surface area contributed by atoms with Crippen LogP contribution in [0.3, 0.4) is 0 Å². The minimum atomic E-state index is -0.800. The van der Waals surface area contributed by atoms with Crippen LogP contribution in [0.4, 0.5) is 0 Å². The number of methoxy groups -OCH3 is 3. The van der Waals surface area contributed by atoms with Crippen molar-refractivity contribution in [3.05, 3.63) is 0 Å². The maximum Gasteiger partial charge on any atom is 0.157 e. The van der Waals surface area contributed by atoms with Crippen LogP contribution in [0.5, 0.6) is 0 Å². The Kier molecular flexibility index (Phi) is 4.77. The van der Waals surface area contributed by atoms with E-state index in [0.717, 1.165) is 0 Å². The van der Waals surface area contributed by atoms with E-state index in [1.807, 2.05) is 0 Å². The first-order chi connectivity index (χ1) is 6.72. The maximum atomic E-state index is 9.41. The van der Waals surface area contributed by atoms with Gasteiger partial charge in [0.05, 0.1) is 12.7 Å². The molecule has 1 aliphatic heterocycles. The van der Waals surface area contributed by atoms with E-state index in [1.165, 1.54) is 0 Å². The molecule has 4 atom stereocenters. The van der Waals surface area contributed by atoms with Gasteiger partial charge >= 0.3 is 0 Å². The van der Waals surface area contributed by atoms with Crippen LogP contribution in [0.1, 0.15) is 6.42 Å². The fraction of sp³-hybridized carbons (Fsp3) is 1.00. The van der Waals surface area contributed by atoms with Crippen molar-refractivity contribution in [1.82, 2.24) is 0 Å². The fourth-order valence-corrected chi connectivity index (χ4v) is 1.74. The van der Waals surface area contributed by atoms with E-state index in [9.17, 15) is 5.11 Å². The molecular weight excluding hydrogens is 188 g/mol. The average molecular weight is 206 g/mol. The van der Waals surface area contributed by atoms with Crippen molar-refractivity contribution < 1.29 is 24.1 Å². The van der Waals surface area contributed by atoms with Gasteiger partial charge in [-0.1, -0.05) is 0 Å². The molecule has 0 aliphatic carbocycles. The van der Waals surface area contributed by atoms with Gasteiger partial charge in [0.1, 0.15) is 12.2 Å². The van der Waals surface area contributed by atoms with Crippen molar-refractivity contribution in [2.45, 2.75) is 31.0 Å². The van der Waals surface area contributed by atoms with Gasteiger partial charge in [-0.15, -0.1) is 0 Å². The van der Waals surface area contributed by atoms with E-state index in [0.29, 0.717) is 13.0 Å². The molecule has 0 amide bonds. The zero-order valence-electron chi connectivity index (χ0n) is 8.80. The van der Waals surface area contributed by atoms with Gasteiger partial charge < -0.3 is 24.1 Å². The summed E-state index contributed by atoms with van der Waals surface area (Å²) < 4.78 is 20.8. The lowest BCUT2D eigenvalue weighted by atomic mass is 10.0. The van der Waals surface area contributed by atoms with Crippen LogP contribution in [-0.4, -0.2) is 57.6 Å². The second-order valence-corrected chi connectivity index (χ2v) is 3.29. The van der Waals surface area contributed by atoms with Crippen LogP contribution in [0.25, 0.3) is 0 Å². The third-order valence-electron chi connectivity index (χ3n) is 2.40. The lowest BCUT2D eigenvalue weighted by Crippen LogP contribution is -2.51. The lowest BCUT2D eigenvalue weighted by Gasteiger charge is -2.38. The van der Waals surface area contributed by atoms with Crippen molar-refractivity contribution in [3.63, 3.8) is 0 Å². The molecule has 84 valence electrons. The van der Waals surface area contributed by atoms with Gasteiger partial charge in [-0.2, -0.15) is 0 Å². The van der Waals surface area contributed by atoms with Gasteiger partial charge in [0.25, 0.3) is 0 Å². The van der Waals surface area contributed by atoms with Crippen LogP contribution in [0.2, 0.25) is 0 Å². The number of hydrogen-bond acceptors (Lipinski definition) is 5. The van der Waals surface area contributed by atoms with E-state index >= 15 is 0 Å². The minimum absolute atomic E-state index is 0.149. The predicted molar refractivity (Wildman–Crippen MR) is 49.0 cm³/mol. The number of ether oxygens (including phenoxy) is 4. The molecule has 1 aliphatic rings. The molecule has 0 saturated carbocycles. The second-order valence-electron chi connectivity index (χ2n) is 3.29. The SMILES string of the molecule is COC[C@H]1O[C@H](O)C[C@@H](OC)[C@H]1OC. The molecule has 1 N–H and O–H groups in total. The van der Waals surface area contributed by atoms with Gasteiger partial charge in [-0.3, -0.25) is 0 Å². The summed E-state index contributed by atoms with van der Waals surface area (Å²) in [5.74, 6) is 0. The van der Waals surface area contributed by atoms with Crippen LogP contribution < -0.4 is 0 Å². The van der Waals surface area contributed by atoms with Crippen LogP contribution in [0.15, 0.2) is 0 Å². The Morgan fingerprint density at radius 2 is 2.00 bits per heavy atom. The van der Waals surface area contributed by atoms with Crippen molar-refractivity contribution in [2.75, 3.05) is 27.9 Å². The van der Waals surface area contributed by atoms with E-state index in [1.54, 1.807) is 21.3 Å². The standard InChI is InChI=1S/C9H18O5/c1-11-5-7-9(13-3)6(12-2)4-8(10)14-7/h6-10H,4-5H2,1-3H3/t6-,7-,8+,9-/m1/s1. The molecule has 0 unspecified atom stereocenters. The highest BCUT2D eigenvalue weighted by Gasteiger charge is 2.38. The molecule has 0 aromatic carbocycles. The zero-order valence-corrected chi connectivity index (χ0v) is 8.80. The van der Waals surface area contributed by atoms with Crippen molar-refractivity contribution >= 4 is 0 Å². The molecule has 5 nitrogen and oxygen atoms in total. The van der Waals surface area contributed by atoms with Gasteiger partial charge in [0, 0.05) is 27.8 Å². The Morgan fingerprint density at radius 1 is 1.29 bits per heavy atom. The van der Waals surface area contributed by atoms with Gasteiger partial charge in [0.2, 0.25) is 0 Å². The third-order valence-corrected chi connectivity index (χ3v) is 2.40. The summed E-state index contributed by atoms with van der Waals surface area (Å²) in [5.41, 5.74) is 0. The minimum Gasteiger partial charge on any atom is -0.382 e.